The van der Waals surface area contributed by atoms with Crippen molar-refractivity contribution in [1.82, 2.24) is 9.97 Å². The Morgan fingerprint density at radius 2 is 1.83 bits per heavy atom. The molecule has 0 aliphatic carbocycles. The van der Waals surface area contributed by atoms with Crippen molar-refractivity contribution in [1.29, 1.82) is 0 Å². The fourth-order valence-corrected chi connectivity index (χ4v) is 1.38. The van der Waals surface area contributed by atoms with Gasteiger partial charge in [-0.25, -0.2) is 9.97 Å². The summed E-state index contributed by atoms with van der Waals surface area (Å²) >= 11 is 0. The van der Waals surface area contributed by atoms with Crippen molar-refractivity contribution in [3.05, 3.63) is 11.9 Å². The van der Waals surface area contributed by atoms with E-state index in [2.05, 4.69) is 27.5 Å². The Hall–Kier alpha value is -1.36. The van der Waals surface area contributed by atoms with Crippen molar-refractivity contribution < 1.29 is 4.74 Å². The van der Waals surface area contributed by atoms with Crippen molar-refractivity contribution in [3.63, 3.8) is 0 Å². The van der Waals surface area contributed by atoms with Crippen LogP contribution in [0.15, 0.2) is 6.07 Å². The normalized spacial score (nSPS) is 11.4. The molecule has 1 aromatic heterocycles. The molecule has 5 nitrogen and oxygen atoms in total. The molecule has 0 amide bonds. The van der Waals surface area contributed by atoms with E-state index in [-0.39, 0.29) is 5.60 Å². The molecule has 0 bridgehead atoms. The molecule has 0 aliphatic rings. The Morgan fingerprint density at radius 3 is 2.39 bits per heavy atom. The number of anilines is 2. The number of methoxy groups -OCH3 is 1. The standard InChI is InChI=1S/C13H24N4O/c1-6-7-14-11-8-12(17-10(2)16-11)15-9-13(3,4)18-5/h8H,6-7,9H2,1-5H3,(H2,14,15,16,17). The van der Waals surface area contributed by atoms with E-state index in [1.165, 1.54) is 0 Å². The molecular formula is C13H24N4O. The van der Waals surface area contributed by atoms with Crippen LogP contribution in [0.1, 0.15) is 33.0 Å². The summed E-state index contributed by atoms with van der Waals surface area (Å²) in [4.78, 5) is 8.70. The molecule has 0 aromatic carbocycles. The average Bonchev–Trinajstić information content (AvgIpc) is 2.33. The topological polar surface area (TPSA) is 59.1 Å². The molecule has 102 valence electrons. The number of ether oxygens (including phenoxy) is 1. The van der Waals surface area contributed by atoms with E-state index in [9.17, 15) is 0 Å². The van der Waals surface area contributed by atoms with E-state index < -0.39 is 0 Å². The molecule has 5 heteroatoms. The third-order valence-electron chi connectivity index (χ3n) is 2.64. The van der Waals surface area contributed by atoms with E-state index in [1.807, 2.05) is 26.8 Å². The highest BCUT2D eigenvalue weighted by Gasteiger charge is 2.16. The Bertz CT molecular complexity index is 379. The van der Waals surface area contributed by atoms with Gasteiger partial charge < -0.3 is 15.4 Å². The van der Waals surface area contributed by atoms with Gasteiger partial charge in [0.2, 0.25) is 0 Å². The van der Waals surface area contributed by atoms with Crippen LogP contribution in [0.25, 0.3) is 0 Å². The van der Waals surface area contributed by atoms with E-state index >= 15 is 0 Å². The molecule has 0 saturated heterocycles. The number of hydrogen-bond donors (Lipinski definition) is 2. The van der Waals surface area contributed by atoms with Crippen LogP contribution in [-0.4, -0.2) is 35.8 Å². The van der Waals surface area contributed by atoms with Gasteiger partial charge in [0.05, 0.1) is 5.60 Å². The molecule has 1 rings (SSSR count). The summed E-state index contributed by atoms with van der Waals surface area (Å²) in [6, 6.07) is 1.92. The number of aryl methyl sites for hydroxylation is 1. The quantitative estimate of drug-likeness (QED) is 0.780. The van der Waals surface area contributed by atoms with Gasteiger partial charge in [-0.2, -0.15) is 0 Å². The molecule has 1 heterocycles. The molecule has 0 spiro atoms. The molecule has 18 heavy (non-hydrogen) atoms. The Labute approximate surface area is 109 Å². The molecule has 1 aromatic rings. The van der Waals surface area contributed by atoms with Crippen molar-refractivity contribution in [2.45, 2.75) is 39.7 Å². The van der Waals surface area contributed by atoms with Crippen LogP contribution in [0, 0.1) is 6.92 Å². The lowest BCUT2D eigenvalue weighted by molar-refractivity contribution is 0.0343. The minimum atomic E-state index is -0.212. The predicted molar refractivity (Wildman–Crippen MR) is 75.1 cm³/mol. The minimum absolute atomic E-state index is 0.212. The highest BCUT2D eigenvalue weighted by atomic mass is 16.5. The second-order valence-corrected chi connectivity index (χ2v) is 4.93. The fraction of sp³-hybridized carbons (Fsp3) is 0.692. The largest absolute Gasteiger partial charge is 0.377 e. The molecule has 0 atom stereocenters. The number of nitrogens with one attached hydrogen (secondary N) is 2. The molecule has 0 unspecified atom stereocenters. The van der Waals surface area contributed by atoms with E-state index in [0.717, 1.165) is 30.4 Å². The number of aromatic nitrogens is 2. The summed E-state index contributed by atoms with van der Waals surface area (Å²) in [5.74, 6) is 2.45. The number of nitrogens with zero attached hydrogens (tertiary/aromatic N) is 2. The second-order valence-electron chi connectivity index (χ2n) is 4.93. The summed E-state index contributed by atoms with van der Waals surface area (Å²) in [6.45, 7) is 9.70. The van der Waals surface area contributed by atoms with Crippen molar-refractivity contribution >= 4 is 11.6 Å². The first-order valence-electron chi connectivity index (χ1n) is 6.35. The van der Waals surface area contributed by atoms with Gasteiger partial charge >= 0.3 is 0 Å². The van der Waals surface area contributed by atoms with Crippen molar-refractivity contribution in [3.8, 4) is 0 Å². The smallest absolute Gasteiger partial charge is 0.131 e. The maximum Gasteiger partial charge on any atom is 0.131 e. The van der Waals surface area contributed by atoms with Crippen LogP contribution in [0.2, 0.25) is 0 Å². The lowest BCUT2D eigenvalue weighted by Gasteiger charge is -2.23. The highest BCUT2D eigenvalue weighted by Crippen LogP contribution is 2.13. The van der Waals surface area contributed by atoms with Crippen LogP contribution in [0.4, 0.5) is 11.6 Å². The fourth-order valence-electron chi connectivity index (χ4n) is 1.38. The van der Waals surface area contributed by atoms with Gasteiger partial charge in [0.25, 0.3) is 0 Å². The van der Waals surface area contributed by atoms with Crippen LogP contribution >= 0.6 is 0 Å². The van der Waals surface area contributed by atoms with Crippen LogP contribution in [0.3, 0.4) is 0 Å². The van der Waals surface area contributed by atoms with Gasteiger partial charge in [0.15, 0.2) is 0 Å². The van der Waals surface area contributed by atoms with Crippen molar-refractivity contribution in [2.24, 2.45) is 0 Å². The zero-order valence-corrected chi connectivity index (χ0v) is 12.0. The molecule has 0 saturated carbocycles. The zero-order chi connectivity index (χ0) is 13.6. The van der Waals surface area contributed by atoms with Crippen LogP contribution in [-0.2, 0) is 4.74 Å². The Kier molecular flexibility index (Phi) is 5.34. The number of rotatable bonds is 7. The zero-order valence-electron chi connectivity index (χ0n) is 12.0. The average molecular weight is 252 g/mol. The lowest BCUT2D eigenvalue weighted by Crippen LogP contribution is -2.32. The molecule has 0 fully saturated rings. The monoisotopic (exact) mass is 252 g/mol. The van der Waals surface area contributed by atoms with Crippen LogP contribution < -0.4 is 10.6 Å². The maximum absolute atomic E-state index is 5.36. The summed E-state index contributed by atoms with van der Waals surface area (Å²) in [5, 5.41) is 6.54. The highest BCUT2D eigenvalue weighted by molar-refractivity contribution is 5.47. The van der Waals surface area contributed by atoms with Crippen LogP contribution in [0.5, 0.6) is 0 Å². The van der Waals surface area contributed by atoms with Gasteiger partial charge in [-0.1, -0.05) is 6.92 Å². The van der Waals surface area contributed by atoms with Crippen molar-refractivity contribution in [2.75, 3.05) is 30.8 Å². The third kappa shape index (κ3) is 4.87. The predicted octanol–water partition coefficient (Wildman–Crippen LogP) is 2.44. The van der Waals surface area contributed by atoms with Gasteiger partial charge in [-0.05, 0) is 27.2 Å². The Morgan fingerprint density at radius 1 is 1.22 bits per heavy atom. The number of hydrogen-bond acceptors (Lipinski definition) is 5. The van der Waals surface area contributed by atoms with E-state index in [4.69, 9.17) is 4.74 Å². The first-order chi connectivity index (χ1) is 8.46. The first-order valence-corrected chi connectivity index (χ1v) is 6.35. The van der Waals surface area contributed by atoms with Gasteiger partial charge in [-0.3, -0.25) is 0 Å². The first kappa shape index (κ1) is 14.7. The minimum Gasteiger partial charge on any atom is -0.377 e. The van der Waals surface area contributed by atoms with E-state index in [0.29, 0.717) is 6.54 Å². The van der Waals surface area contributed by atoms with Gasteiger partial charge in [0.1, 0.15) is 17.5 Å². The summed E-state index contributed by atoms with van der Waals surface area (Å²) in [5.41, 5.74) is -0.212. The van der Waals surface area contributed by atoms with Gasteiger partial charge in [0, 0.05) is 26.3 Å². The third-order valence-corrected chi connectivity index (χ3v) is 2.64. The molecule has 2 N–H and O–H groups in total. The Balaban J connectivity index is 2.68. The SMILES string of the molecule is CCCNc1cc(NCC(C)(C)OC)nc(C)n1. The summed E-state index contributed by atoms with van der Waals surface area (Å²) in [7, 11) is 1.71. The summed E-state index contributed by atoms with van der Waals surface area (Å²) in [6.07, 6.45) is 1.07. The molecule has 0 radical (unpaired) electrons. The second kappa shape index (κ2) is 6.54. The van der Waals surface area contributed by atoms with Gasteiger partial charge in [-0.15, -0.1) is 0 Å². The van der Waals surface area contributed by atoms with E-state index in [1.54, 1.807) is 7.11 Å². The maximum atomic E-state index is 5.36. The molecular weight excluding hydrogens is 228 g/mol. The summed E-state index contributed by atoms with van der Waals surface area (Å²) < 4.78 is 5.36. The lowest BCUT2D eigenvalue weighted by atomic mass is 10.1. The molecule has 0 aliphatic heterocycles.